The Morgan fingerprint density at radius 1 is 1.08 bits per heavy atom. The van der Waals surface area contributed by atoms with E-state index in [0.717, 1.165) is 44.3 Å². The second kappa shape index (κ2) is 9.81. The van der Waals surface area contributed by atoms with Crippen molar-refractivity contribution in [2.45, 2.75) is 39.0 Å². The van der Waals surface area contributed by atoms with E-state index in [9.17, 15) is 14.4 Å². The van der Waals surface area contributed by atoms with Crippen LogP contribution in [0.4, 0.5) is 0 Å². The van der Waals surface area contributed by atoms with Crippen LogP contribution in [0.2, 0.25) is 0 Å². The molecule has 6 nitrogen and oxygen atoms in total. The van der Waals surface area contributed by atoms with Crippen molar-refractivity contribution >= 4 is 17.8 Å². The topological polar surface area (TPSA) is 75.7 Å². The van der Waals surface area contributed by atoms with Crippen LogP contribution in [0, 0.1) is 6.92 Å². The lowest BCUT2D eigenvalue weighted by Gasteiger charge is -2.24. The van der Waals surface area contributed by atoms with Crippen LogP contribution >= 0.6 is 0 Å². The number of carbonyl (C=O) groups is 3. The maximum atomic E-state index is 12.1. The summed E-state index contributed by atoms with van der Waals surface area (Å²) in [6.07, 6.45) is 5.47. The Bertz CT molecular complexity index is 607. The highest BCUT2D eigenvalue weighted by Gasteiger charge is 2.17. The highest BCUT2D eigenvalue weighted by molar-refractivity contribution is 5.96. The summed E-state index contributed by atoms with van der Waals surface area (Å²) in [7, 11) is 0. The summed E-state index contributed by atoms with van der Waals surface area (Å²) in [6.45, 7) is 2.82. The Morgan fingerprint density at radius 2 is 1.76 bits per heavy atom. The van der Waals surface area contributed by atoms with Crippen molar-refractivity contribution in [3.63, 3.8) is 0 Å². The minimum atomic E-state index is -0.610. The average molecular weight is 346 g/mol. The molecule has 0 aliphatic carbocycles. The number of ether oxygens (including phenoxy) is 1. The van der Waals surface area contributed by atoms with Crippen molar-refractivity contribution in [1.29, 1.82) is 0 Å². The second-order valence-electron chi connectivity index (χ2n) is 6.36. The molecule has 0 saturated carbocycles. The SMILES string of the molecule is Cc1cccc(C(=O)NCC(=O)OCC(=O)N2CCCCCCC2)c1. The summed E-state index contributed by atoms with van der Waals surface area (Å²) in [4.78, 5) is 37.6. The van der Waals surface area contributed by atoms with Gasteiger partial charge in [-0.15, -0.1) is 0 Å². The molecule has 25 heavy (non-hydrogen) atoms. The lowest BCUT2D eigenvalue weighted by molar-refractivity contribution is -0.151. The van der Waals surface area contributed by atoms with Gasteiger partial charge < -0.3 is 15.0 Å². The van der Waals surface area contributed by atoms with Crippen molar-refractivity contribution in [3.05, 3.63) is 35.4 Å². The molecule has 1 aliphatic heterocycles. The molecule has 2 rings (SSSR count). The van der Waals surface area contributed by atoms with Gasteiger partial charge >= 0.3 is 5.97 Å². The van der Waals surface area contributed by atoms with Crippen LogP contribution < -0.4 is 5.32 Å². The number of likely N-dealkylation sites (tertiary alicyclic amines) is 1. The van der Waals surface area contributed by atoms with Gasteiger partial charge in [0.25, 0.3) is 11.8 Å². The van der Waals surface area contributed by atoms with E-state index in [4.69, 9.17) is 4.74 Å². The molecule has 0 atom stereocenters. The molecule has 0 radical (unpaired) electrons. The van der Waals surface area contributed by atoms with Crippen LogP contribution in [0.3, 0.4) is 0 Å². The van der Waals surface area contributed by atoms with Gasteiger partial charge in [0.05, 0.1) is 0 Å². The van der Waals surface area contributed by atoms with Crippen molar-refractivity contribution in [2.75, 3.05) is 26.2 Å². The predicted octanol–water partition coefficient (Wildman–Crippen LogP) is 2.06. The van der Waals surface area contributed by atoms with Gasteiger partial charge in [-0.3, -0.25) is 14.4 Å². The summed E-state index contributed by atoms with van der Waals surface area (Å²) in [6, 6.07) is 7.09. The molecule has 0 spiro atoms. The van der Waals surface area contributed by atoms with Crippen LogP contribution in [0.15, 0.2) is 24.3 Å². The third-order valence-corrected chi connectivity index (χ3v) is 4.24. The molecule has 136 valence electrons. The largest absolute Gasteiger partial charge is 0.454 e. The summed E-state index contributed by atoms with van der Waals surface area (Å²) >= 11 is 0. The van der Waals surface area contributed by atoms with E-state index in [0.29, 0.717) is 5.56 Å². The maximum Gasteiger partial charge on any atom is 0.325 e. The van der Waals surface area contributed by atoms with Gasteiger partial charge in [-0.05, 0) is 31.9 Å². The number of hydrogen-bond acceptors (Lipinski definition) is 4. The van der Waals surface area contributed by atoms with Crippen molar-refractivity contribution in [2.24, 2.45) is 0 Å². The highest BCUT2D eigenvalue weighted by atomic mass is 16.5. The third-order valence-electron chi connectivity index (χ3n) is 4.24. The van der Waals surface area contributed by atoms with Crippen LogP contribution in [0.5, 0.6) is 0 Å². The fourth-order valence-electron chi connectivity index (χ4n) is 2.82. The minimum absolute atomic E-state index is 0.166. The molecule has 1 aliphatic rings. The quantitative estimate of drug-likeness (QED) is 0.828. The molecule has 1 heterocycles. The smallest absolute Gasteiger partial charge is 0.325 e. The Labute approximate surface area is 148 Å². The van der Waals surface area contributed by atoms with Crippen LogP contribution in [0.25, 0.3) is 0 Å². The Kier molecular flexibility index (Phi) is 7.44. The Morgan fingerprint density at radius 3 is 2.44 bits per heavy atom. The predicted molar refractivity (Wildman–Crippen MR) is 94.1 cm³/mol. The lowest BCUT2D eigenvalue weighted by Crippen LogP contribution is -2.38. The summed E-state index contributed by atoms with van der Waals surface area (Å²) in [5.41, 5.74) is 1.46. The van der Waals surface area contributed by atoms with Crippen LogP contribution in [-0.4, -0.2) is 48.9 Å². The van der Waals surface area contributed by atoms with Gasteiger partial charge in [0.15, 0.2) is 6.61 Å². The average Bonchev–Trinajstić information content (AvgIpc) is 2.57. The summed E-state index contributed by atoms with van der Waals surface area (Å²) < 4.78 is 4.99. The molecule has 0 unspecified atom stereocenters. The number of amides is 2. The molecule has 6 heteroatoms. The van der Waals surface area contributed by atoms with E-state index < -0.39 is 5.97 Å². The van der Waals surface area contributed by atoms with E-state index in [-0.39, 0.29) is 25.0 Å². The number of nitrogens with zero attached hydrogens (tertiary/aromatic N) is 1. The minimum Gasteiger partial charge on any atom is -0.454 e. The molecule has 1 aromatic carbocycles. The van der Waals surface area contributed by atoms with Crippen molar-refractivity contribution in [1.82, 2.24) is 10.2 Å². The normalized spacial score (nSPS) is 15.0. The number of hydrogen-bond donors (Lipinski definition) is 1. The molecule has 1 saturated heterocycles. The van der Waals surface area contributed by atoms with Crippen molar-refractivity contribution < 1.29 is 19.1 Å². The first-order valence-corrected chi connectivity index (χ1v) is 8.84. The zero-order chi connectivity index (χ0) is 18.1. The molecular formula is C19H26N2O4. The van der Waals surface area contributed by atoms with Crippen molar-refractivity contribution in [3.8, 4) is 0 Å². The maximum absolute atomic E-state index is 12.1. The zero-order valence-corrected chi connectivity index (χ0v) is 14.8. The van der Waals surface area contributed by atoms with Crippen LogP contribution in [0.1, 0.15) is 48.0 Å². The second-order valence-corrected chi connectivity index (χ2v) is 6.36. The van der Waals surface area contributed by atoms with E-state index >= 15 is 0 Å². The zero-order valence-electron chi connectivity index (χ0n) is 14.8. The molecule has 1 aromatic rings. The molecule has 0 bridgehead atoms. The van der Waals surface area contributed by atoms with Crippen LogP contribution in [-0.2, 0) is 14.3 Å². The van der Waals surface area contributed by atoms with Gasteiger partial charge in [0.1, 0.15) is 6.54 Å². The van der Waals surface area contributed by atoms with E-state index in [1.165, 1.54) is 6.42 Å². The standard InChI is InChI=1S/C19H26N2O4/c1-15-8-7-9-16(12-15)19(24)20-13-18(23)25-14-17(22)21-10-5-3-2-4-6-11-21/h7-9,12H,2-6,10-11,13-14H2,1H3,(H,20,24). The highest BCUT2D eigenvalue weighted by Crippen LogP contribution is 2.10. The van der Waals surface area contributed by atoms with E-state index in [2.05, 4.69) is 5.32 Å². The fourth-order valence-corrected chi connectivity index (χ4v) is 2.82. The number of benzene rings is 1. The lowest BCUT2D eigenvalue weighted by atomic mass is 10.1. The van der Waals surface area contributed by atoms with Gasteiger partial charge in [-0.1, -0.05) is 37.0 Å². The number of esters is 1. The first-order valence-electron chi connectivity index (χ1n) is 8.84. The van der Waals surface area contributed by atoms with Gasteiger partial charge in [-0.2, -0.15) is 0 Å². The summed E-state index contributed by atoms with van der Waals surface area (Å²) in [5.74, 6) is -1.11. The number of rotatable bonds is 5. The fraction of sp³-hybridized carbons (Fsp3) is 0.526. The van der Waals surface area contributed by atoms with Gasteiger partial charge in [0, 0.05) is 18.7 Å². The number of aryl methyl sites for hydroxylation is 1. The molecule has 2 amide bonds. The van der Waals surface area contributed by atoms with Gasteiger partial charge in [-0.25, -0.2) is 0 Å². The first-order chi connectivity index (χ1) is 12.1. The number of nitrogens with one attached hydrogen (secondary N) is 1. The third kappa shape index (κ3) is 6.57. The molecule has 0 aromatic heterocycles. The number of carbonyl (C=O) groups excluding carboxylic acids is 3. The Hall–Kier alpha value is -2.37. The monoisotopic (exact) mass is 346 g/mol. The molecular weight excluding hydrogens is 320 g/mol. The molecule has 1 fully saturated rings. The van der Waals surface area contributed by atoms with Gasteiger partial charge in [0.2, 0.25) is 0 Å². The van der Waals surface area contributed by atoms with E-state index in [1.807, 2.05) is 13.0 Å². The molecule has 1 N–H and O–H groups in total. The first kappa shape index (κ1) is 19.0. The van der Waals surface area contributed by atoms with E-state index in [1.54, 1.807) is 23.1 Å². The summed E-state index contributed by atoms with van der Waals surface area (Å²) in [5, 5.41) is 2.51. The Balaban J connectivity index is 1.71.